The van der Waals surface area contributed by atoms with E-state index >= 15 is 0 Å². The van der Waals surface area contributed by atoms with Crippen molar-refractivity contribution in [1.82, 2.24) is 5.32 Å². The molecule has 0 spiro atoms. The number of esters is 1. The Bertz CT molecular complexity index is 551. The third-order valence-corrected chi connectivity index (χ3v) is 4.02. The highest BCUT2D eigenvalue weighted by atomic mass is 32.1. The lowest BCUT2D eigenvalue weighted by Crippen LogP contribution is -2.30. The zero-order valence-corrected chi connectivity index (χ0v) is 12.6. The van der Waals surface area contributed by atoms with E-state index in [0.717, 1.165) is 5.56 Å². The molecule has 0 amide bonds. The van der Waals surface area contributed by atoms with E-state index in [1.807, 2.05) is 37.3 Å². The monoisotopic (exact) mass is 289 g/mol. The minimum Gasteiger partial charge on any atom is -0.465 e. The number of carbonyl (C=O) groups is 1. The largest absolute Gasteiger partial charge is 0.465 e. The van der Waals surface area contributed by atoms with Crippen molar-refractivity contribution in [1.29, 1.82) is 0 Å². The standard InChI is InChI=1S/C16H19NO2S/c1-3-19-16(18)15(13-7-5-4-6-8-13)17-9-14-11-20-10-12(14)2/h4-8,10-11,15,17H,3,9H2,1-2H3. The molecule has 2 aromatic rings. The number of nitrogens with one attached hydrogen (secondary N) is 1. The van der Waals surface area contributed by atoms with Crippen molar-refractivity contribution >= 4 is 17.3 Å². The molecule has 0 aliphatic carbocycles. The lowest BCUT2D eigenvalue weighted by molar-refractivity contribution is -0.145. The maximum absolute atomic E-state index is 12.1. The predicted molar refractivity (Wildman–Crippen MR) is 81.7 cm³/mol. The molecule has 0 bridgehead atoms. The molecule has 0 saturated heterocycles. The van der Waals surface area contributed by atoms with Crippen LogP contribution in [-0.4, -0.2) is 12.6 Å². The number of rotatable bonds is 6. The van der Waals surface area contributed by atoms with Gasteiger partial charge in [0, 0.05) is 6.54 Å². The van der Waals surface area contributed by atoms with Crippen molar-refractivity contribution in [3.8, 4) is 0 Å². The molecule has 1 heterocycles. The van der Waals surface area contributed by atoms with Gasteiger partial charge in [0.1, 0.15) is 6.04 Å². The molecule has 3 nitrogen and oxygen atoms in total. The van der Waals surface area contributed by atoms with Gasteiger partial charge in [-0.25, -0.2) is 4.79 Å². The molecule has 2 rings (SSSR count). The number of thiophene rings is 1. The number of ether oxygens (including phenoxy) is 1. The molecule has 4 heteroatoms. The van der Waals surface area contributed by atoms with Gasteiger partial charge >= 0.3 is 5.97 Å². The zero-order chi connectivity index (χ0) is 14.4. The van der Waals surface area contributed by atoms with Gasteiger partial charge in [0.25, 0.3) is 0 Å². The summed E-state index contributed by atoms with van der Waals surface area (Å²) in [7, 11) is 0. The second kappa shape index (κ2) is 7.22. The van der Waals surface area contributed by atoms with Crippen LogP contribution >= 0.6 is 11.3 Å². The van der Waals surface area contributed by atoms with Gasteiger partial charge in [-0.15, -0.1) is 0 Å². The smallest absolute Gasteiger partial charge is 0.327 e. The molecule has 1 unspecified atom stereocenters. The Labute approximate surface area is 123 Å². The van der Waals surface area contributed by atoms with Crippen molar-refractivity contribution in [2.45, 2.75) is 26.4 Å². The Kier molecular flexibility index (Phi) is 5.32. The minimum atomic E-state index is -0.421. The Morgan fingerprint density at radius 1 is 1.30 bits per heavy atom. The van der Waals surface area contributed by atoms with E-state index in [4.69, 9.17) is 4.74 Å². The fourth-order valence-corrected chi connectivity index (χ4v) is 2.85. The quantitative estimate of drug-likeness (QED) is 0.828. The summed E-state index contributed by atoms with van der Waals surface area (Å²) in [5.41, 5.74) is 3.40. The third-order valence-electron chi connectivity index (χ3n) is 3.11. The molecule has 106 valence electrons. The summed E-state index contributed by atoms with van der Waals surface area (Å²) in [5, 5.41) is 7.51. The summed E-state index contributed by atoms with van der Waals surface area (Å²) in [6, 6.07) is 9.26. The van der Waals surface area contributed by atoms with Crippen LogP contribution in [-0.2, 0) is 16.1 Å². The van der Waals surface area contributed by atoms with Crippen molar-refractivity contribution in [2.24, 2.45) is 0 Å². The number of hydrogen-bond acceptors (Lipinski definition) is 4. The van der Waals surface area contributed by atoms with Gasteiger partial charge in [0.05, 0.1) is 6.61 Å². The van der Waals surface area contributed by atoms with Crippen molar-refractivity contribution in [3.05, 3.63) is 57.8 Å². The van der Waals surface area contributed by atoms with Crippen LogP contribution in [0.1, 0.15) is 29.7 Å². The molecule has 0 fully saturated rings. The van der Waals surface area contributed by atoms with Gasteiger partial charge in [-0.2, -0.15) is 11.3 Å². The van der Waals surface area contributed by atoms with Crippen LogP contribution in [0.25, 0.3) is 0 Å². The van der Waals surface area contributed by atoms with E-state index in [0.29, 0.717) is 13.2 Å². The normalized spacial score (nSPS) is 12.1. The van der Waals surface area contributed by atoms with E-state index in [1.165, 1.54) is 11.1 Å². The first-order valence-corrected chi connectivity index (χ1v) is 7.63. The molecule has 0 aliphatic rings. The van der Waals surface area contributed by atoms with Crippen LogP contribution in [0, 0.1) is 6.92 Å². The van der Waals surface area contributed by atoms with Crippen molar-refractivity contribution in [2.75, 3.05) is 6.61 Å². The van der Waals surface area contributed by atoms with Crippen LogP contribution in [0.5, 0.6) is 0 Å². The fraction of sp³-hybridized carbons (Fsp3) is 0.312. The van der Waals surface area contributed by atoms with Gasteiger partial charge in [-0.3, -0.25) is 5.32 Å². The summed E-state index contributed by atoms with van der Waals surface area (Å²) in [6.07, 6.45) is 0. The second-order valence-corrected chi connectivity index (χ2v) is 5.30. The van der Waals surface area contributed by atoms with Crippen molar-refractivity contribution in [3.63, 3.8) is 0 Å². The van der Waals surface area contributed by atoms with Crippen LogP contribution < -0.4 is 5.32 Å². The van der Waals surface area contributed by atoms with Gasteiger partial charge in [-0.1, -0.05) is 30.3 Å². The lowest BCUT2D eigenvalue weighted by Gasteiger charge is -2.17. The molecule has 0 saturated carbocycles. The summed E-state index contributed by atoms with van der Waals surface area (Å²) < 4.78 is 5.16. The van der Waals surface area contributed by atoms with Gasteiger partial charge in [-0.05, 0) is 41.3 Å². The summed E-state index contributed by atoms with van der Waals surface area (Å²) >= 11 is 1.68. The highest BCUT2D eigenvalue weighted by Crippen LogP contribution is 2.18. The molecule has 1 aromatic carbocycles. The van der Waals surface area contributed by atoms with Gasteiger partial charge < -0.3 is 4.74 Å². The van der Waals surface area contributed by atoms with Crippen LogP contribution in [0.15, 0.2) is 41.1 Å². The molecule has 0 radical (unpaired) electrons. The number of hydrogen-bond donors (Lipinski definition) is 1. The Morgan fingerprint density at radius 2 is 2.05 bits per heavy atom. The van der Waals surface area contributed by atoms with Gasteiger partial charge in [0.2, 0.25) is 0 Å². The molecule has 20 heavy (non-hydrogen) atoms. The van der Waals surface area contributed by atoms with E-state index in [1.54, 1.807) is 11.3 Å². The van der Waals surface area contributed by atoms with Crippen LogP contribution in [0.4, 0.5) is 0 Å². The van der Waals surface area contributed by atoms with E-state index in [2.05, 4.69) is 23.0 Å². The Balaban J connectivity index is 2.11. The van der Waals surface area contributed by atoms with E-state index in [-0.39, 0.29) is 5.97 Å². The summed E-state index contributed by atoms with van der Waals surface area (Å²) in [5.74, 6) is -0.230. The molecule has 1 aromatic heterocycles. The summed E-state index contributed by atoms with van der Waals surface area (Å²) in [6.45, 7) is 4.95. The highest BCUT2D eigenvalue weighted by molar-refractivity contribution is 7.08. The fourth-order valence-electron chi connectivity index (χ4n) is 1.99. The minimum absolute atomic E-state index is 0.230. The average Bonchev–Trinajstić information content (AvgIpc) is 2.86. The summed E-state index contributed by atoms with van der Waals surface area (Å²) in [4.78, 5) is 12.1. The molecule has 1 atom stereocenters. The second-order valence-electron chi connectivity index (χ2n) is 4.56. The van der Waals surface area contributed by atoms with Crippen LogP contribution in [0.2, 0.25) is 0 Å². The van der Waals surface area contributed by atoms with Crippen LogP contribution in [0.3, 0.4) is 0 Å². The molecule has 0 aliphatic heterocycles. The predicted octanol–water partition coefficient (Wildman–Crippen LogP) is 3.45. The first-order valence-electron chi connectivity index (χ1n) is 6.69. The average molecular weight is 289 g/mol. The highest BCUT2D eigenvalue weighted by Gasteiger charge is 2.21. The molecular formula is C16H19NO2S. The Hall–Kier alpha value is -1.65. The van der Waals surface area contributed by atoms with Gasteiger partial charge in [0.15, 0.2) is 0 Å². The lowest BCUT2D eigenvalue weighted by atomic mass is 10.1. The first kappa shape index (κ1) is 14.8. The number of aryl methyl sites for hydroxylation is 1. The maximum atomic E-state index is 12.1. The topological polar surface area (TPSA) is 38.3 Å². The maximum Gasteiger partial charge on any atom is 0.327 e. The third kappa shape index (κ3) is 3.68. The SMILES string of the molecule is CCOC(=O)C(NCc1cscc1C)c1ccccc1. The van der Waals surface area contributed by atoms with E-state index < -0.39 is 6.04 Å². The number of benzene rings is 1. The molecule has 1 N–H and O–H groups in total. The Morgan fingerprint density at radius 3 is 2.65 bits per heavy atom. The van der Waals surface area contributed by atoms with E-state index in [9.17, 15) is 4.79 Å². The molecular weight excluding hydrogens is 270 g/mol. The zero-order valence-electron chi connectivity index (χ0n) is 11.8. The first-order chi connectivity index (χ1) is 9.72. The van der Waals surface area contributed by atoms with Crippen molar-refractivity contribution < 1.29 is 9.53 Å². The number of carbonyl (C=O) groups excluding carboxylic acids is 1.